The van der Waals surface area contributed by atoms with Crippen LogP contribution in [0.1, 0.15) is 34.3 Å². The van der Waals surface area contributed by atoms with Gasteiger partial charge in [-0.1, -0.05) is 29.8 Å². The normalized spacial score (nSPS) is 14.1. The van der Waals surface area contributed by atoms with E-state index < -0.39 is 0 Å². The first-order chi connectivity index (χ1) is 10.7. The van der Waals surface area contributed by atoms with E-state index in [0.717, 1.165) is 24.5 Å². The van der Waals surface area contributed by atoms with Gasteiger partial charge in [0.1, 0.15) is 5.82 Å². The number of amides is 1. The number of rotatable bonds is 4. The number of carbonyl (C=O) groups excluding carboxylic acids is 1. The molecule has 1 aliphatic heterocycles. The zero-order valence-corrected chi connectivity index (χ0v) is 12.9. The van der Waals surface area contributed by atoms with Crippen LogP contribution in [-0.2, 0) is 6.54 Å². The number of nitrogens with one attached hydrogen (secondary N) is 1. The van der Waals surface area contributed by atoms with Gasteiger partial charge in [-0.25, -0.2) is 4.98 Å². The molecule has 4 nitrogen and oxygen atoms in total. The quantitative estimate of drug-likeness (QED) is 0.943. The van der Waals surface area contributed by atoms with Gasteiger partial charge in [0.2, 0.25) is 0 Å². The lowest BCUT2D eigenvalue weighted by Crippen LogP contribution is -2.28. The molecule has 0 aliphatic carbocycles. The minimum atomic E-state index is -0.0588. The van der Waals surface area contributed by atoms with Gasteiger partial charge < -0.3 is 10.2 Å². The van der Waals surface area contributed by atoms with Crippen LogP contribution in [0.4, 0.5) is 5.82 Å². The molecule has 2 aromatic rings. The smallest absolute Gasteiger partial charge is 0.255 e. The zero-order valence-electron chi connectivity index (χ0n) is 12.9. The molecule has 4 heteroatoms. The minimum absolute atomic E-state index is 0.0588. The van der Waals surface area contributed by atoms with Crippen LogP contribution in [0.2, 0.25) is 0 Å². The first-order valence-corrected chi connectivity index (χ1v) is 7.78. The van der Waals surface area contributed by atoms with E-state index in [1.165, 1.54) is 18.4 Å². The lowest BCUT2D eigenvalue weighted by molar-refractivity contribution is 0.0951. The van der Waals surface area contributed by atoms with Crippen LogP contribution >= 0.6 is 0 Å². The van der Waals surface area contributed by atoms with Gasteiger partial charge in [-0.3, -0.25) is 4.79 Å². The lowest BCUT2D eigenvalue weighted by Gasteiger charge is -2.19. The maximum absolute atomic E-state index is 12.5. The molecule has 1 saturated heterocycles. The molecule has 3 rings (SSSR count). The van der Waals surface area contributed by atoms with Crippen molar-refractivity contribution in [3.05, 3.63) is 59.3 Å². The van der Waals surface area contributed by atoms with Crippen molar-refractivity contribution in [3.63, 3.8) is 0 Å². The fraction of sp³-hybridized carbons (Fsp3) is 0.333. The zero-order chi connectivity index (χ0) is 15.4. The fourth-order valence-electron chi connectivity index (χ4n) is 2.85. The van der Waals surface area contributed by atoms with Crippen LogP contribution < -0.4 is 10.2 Å². The molecule has 1 amide bonds. The van der Waals surface area contributed by atoms with E-state index in [0.29, 0.717) is 12.1 Å². The predicted molar refractivity (Wildman–Crippen MR) is 88.0 cm³/mol. The van der Waals surface area contributed by atoms with Gasteiger partial charge >= 0.3 is 0 Å². The van der Waals surface area contributed by atoms with Crippen molar-refractivity contribution in [1.29, 1.82) is 0 Å². The van der Waals surface area contributed by atoms with E-state index in [9.17, 15) is 4.79 Å². The average Bonchev–Trinajstić information content (AvgIpc) is 3.07. The van der Waals surface area contributed by atoms with Crippen LogP contribution in [-0.4, -0.2) is 24.0 Å². The summed E-state index contributed by atoms with van der Waals surface area (Å²) in [6, 6.07) is 11.9. The molecule has 0 bridgehead atoms. The van der Waals surface area contributed by atoms with E-state index in [1.54, 1.807) is 6.20 Å². The molecule has 0 unspecified atom stereocenters. The van der Waals surface area contributed by atoms with Crippen LogP contribution in [0.5, 0.6) is 0 Å². The highest BCUT2D eigenvalue weighted by atomic mass is 16.1. The Hall–Kier alpha value is -2.36. The van der Waals surface area contributed by atoms with E-state index in [2.05, 4.69) is 34.3 Å². The van der Waals surface area contributed by atoms with Gasteiger partial charge in [-0.2, -0.15) is 0 Å². The summed E-state index contributed by atoms with van der Waals surface area (Å²) in [5, 5.41) is 3.00. The summed E-state index contributed by atoms with van der Waals surface area (Å²) in [6.45, 7) is 4.55. The van der Waals surface area contributed by atoms with Gasteiger partial charge in [-0.05, 0) is 37.5 Å². The maximum atomic E-state index is 12.5. The predicted octanol–water partition coefficient (Wildman–Crippen LogP) is 2.92. The molecule has 1 aromatic heterocycles. The maximum Gasteiger partial charge on any atom is 0.255 e. The molecule has 114 valence electrons. The van der Waals surface area contributed by atoms with Gasteiger partial charge in [0, 0.05) is 25.8 Å². The Morgan fingerprint density at radius 1 is 1.23 bits per heavy atom. The van der Waals surface area contributed by atoms with Gasteiger partial charge in [0.25, 0.3) is 5.91 Å². The highest BCUT2D eigenvalue weighted by Gasteiger charge is 2.20. The number of aromatic nitrogens is 1. The van der Waals surface area contributed by atoms with E-state index in [1.807, 2.05) is 24.3 Å². The second-order valence-electron chi connectivity index (χ2n) is 5.74. The van der Waals surface area contributed by atoms with Crippen molar-refractivity contribution < 1.29 is 4.79 Å². The van der Waals surface area contributed by atoms with Crippen molar-refractivity contribution in [3.8, 4) is 0 Å². The molecule has 22 heavy (non-hydrogen) atoms. The molecule has 2 heterocycles. The second kappa shape index (κ2) is 6.60. The molecule has 0 atom stereocenters. The molecule has 0 saturated carbocycles. The van der Waals surface area contributed by atoms with Gasteiger partial charge in [0.05, 0.1) is 5.56 Å². The SMILES string of the molecule is Cc1cccc(CNC(=O)c2cccnc2N2CCCC2)c1. The first kappa shape index (κ1) is 14.6. The standard InChI is InChI=1S/C18H21N3O/c1-14-6-4-7-15(12-14)13-20-18(22)16-8-5-9-19-17(16)21-10-2-3-11-21/h4-9,12H,2-3,10-11,13H2,1H3,(H,20,22). The van der Waals surface area contributed by atoms with Crippen molar-refractivity contribution in [2.75, 3.05) is 18.0 Å². The summed E-state index contributed by atoms with van der Waals surface area (Å²) in [5.74, 6) is 0.748. The number of anilines is 1. The highest BCUT2D eigenvalue weighted by molar-refractivity contribution is 5.98. The second-order valence-corrected chi connectivity index (χ2v) is 5.74. The first-order valence-electron chi connectivity index (χ1n) is 7.78. The van der Waals surface area contributed by atoms with Crippen molar-refractivity contribution in [2.45, 2.75) is 26.3 Å². The molecule has 1 aliphatic rings. The van der Waals surface area contributed by atoms with E-state index in [4.69, 9.17) is 0 Å². The van der Waals surface area contributed by atoms with E-state index >= 15 is 0 Å². The van der Waals surface area contributed by atoms with Crippen LogP contribution in [0.25, 0.3) is 0 Å². The van der Waals surface area contributed by atoms with Crippen molar-refractivity contribution in [1.82, 2.24) is 10.3 Å². The third-order valence-corrected chi connectivity index (χ3v) is 3.97. The number of carbonyl (C=O) groups is 1. The summed E-state index contributed by atoms with van der Waals surface area (Å²) in [5.41, 5.74) is 2.97. The third-order valence-electron chi connectivity index (χ3n) is 3.97. The molecule has 1 N–H and O–H groups in total. The summed E-state index contributed by atoms with van der Waals surface area (Å²) < 4.78 is 0. The molecular formula is C18H21N3O. The van der Waals surface area contributed by atoms with Gasteiger partial charge in [-0.15, -0.1) is 0 Å². The minimum Gasteiger partial charge on any atom is -0.356 e. The fourth-order valence-corrected chi connectivity index (χ4v) is 2.85. The number of hydrogen-bond donors (Lipinski definition) is 1. The third kappa shape index (κ3) is 3.27. The summed E-state index contributed by atoms with van der Waals surface area (Å²) in [4.78, 5) is 19.1. The number of hydrogen-bond acceptors (Lipinski definition) is 3. The van der Waals surface area contributed by atoms with Crippen LogP contribution in [0.15, 0.2) is 42.6 Å². The Morgan fingerprint density at radius 2 is 2.05 bits per heavy atom. The molecule has 0 radical (unpaired) electrons. The molecule has 1 fully saturated rings. The summed E-state index contributed by atoms with van der Waals surface area (Å²) >= 11 is 0. The Morgan fingerprint density at radius 3 is 2.82 bits per heavy atom. The topological polar surface area (TPSA) is 45.2 Å². The Bertz CT molecular complexity index is 663. The Balaban J connectivity index is 1.72. The van der Waals surface area contributed by atoms with Crippen LogP contribution in [0.3, 0.4) is 0 Å². The number of aryl methyl sites for hydroxylation is 1. The molecule has 0 spiro atoms. The van der Waals surface area contributed by atoms with Crippen molar-refractivity contribution >= 4 is 11.7 Å². The highest BCUT2D eigenvalue weighted by Crippen LogP contribution is 2.21. The summed E-state index contributed by atoms with van der Waals surface area (Å²) in [7, 11) is 0. The average molecular weight is 295 g/mol. The number of nitrogens with zero attached hydrogens (tertiary/aromatic N) is 2. The van der Waals surface area contributed by atoms with Crippen LogP contribution in [0, 0.1) is 6.92 Å². The molecular weight excluding hydrogens is 274 g/mol. The monoisotopic (exact) mass is 295 g/mol. The number of benzene rings is 1. The van der Waals surface area contributed by atoms with E-state index in [-0.39, 0.29) is 5.91 Å². The summed E-state index contributed by atoms with van der Waals surface area (Å²) in [6.07, 6.45) is 4.09. The largest absolute Gasteiger partial charge is 0.356 e. The van der Waals surface area contributed by atoms with Crippen molar-refractivity contribution in [2.24, 2.45) is 0 Å². The number of pyridine rings is 1. The Kier molecular flexibility index (Phi) is 4.37. The lowest BCUT2D eigenvalue weighted by atomic mass is 10.1. The van der Waals surface area contributed by atoms with Gasteiger partial charge in [0.15, 0.2) is 0 Å². The Labute approximate surface area is 131 Å². The molecule has 1 aromatic carbocycles.